The monoisotopic (exact) mass is 98.1 g/mol. The van der Waals surface area contributed by atoms with Gasteiger partial charge < -0.3 is 5.32 Å². The highest BCUT2D eigenvalue weighted by atomic mass is 15.2. The summed E-state index contributed by atoms with van der Waals surface area (Å²) in [6.07, 6.45) is 3.71. The first-order valence-corrected chi connectivity index (χ1v) is 2.98. The first kappa shape index (κ1) is 3.08. The van der Waals surface area contributed by atoms with E-state index >= 15 is 0 Å². The molecule has 2 unspecified atom stereocenters. The van der Waals surface area contributed by atoms with E-state index < -0.39 is 0 Å². The van der Waals surface area contributed by atoms with Crippen molar-refractivity contribution in [1.29, 1.82) is 0 Å². The van der Waals surface area contributed by atoms with Crippen molar-refractivity contribution in [3.05, 3.63) is 0 Å². The summed E-state index contributed by atoms with van der Waals surface area (Å²) < 4.78 is 7.39. The lowest BCUT2D eigenvalue weighted by Gasteiger charge is -1.96. The summed E-state index contributed by atoms with van der Waals surface area (Å²) in [5, 5.41) is 3.32. The molecule has 2 atom stereocenters. The van der Waals surface area contributed by atoms with Gasteiger partial charge in [0.05, 0.1) is 0 Å². The molecule has 1 saturated carbocycles. The zero-order chi connectivity index (χ0) is 5.61. The Kier molecular flexibility index (Phi) is 0.451. The van der Waals surface area contributed by atoms with Gasteiger partial charge in [0.15, 0.2) is 0 Å². The summed E-state index contributed by atoms with van der Waals surface area (Å²) in [6.45, 7) is 1.18. The maximum absolute atomic E-state index is 7.39. The second-order valence-corrected chi connectivity index (χ2v) is 2.67. The fourth-order valence-corrected chi connectivity index (χ4v) is 1.30. The average Bonchev–Trinajstić information content (AvgIpc) is 2.34. The summed E-state index contributed by atoms with van der Waals surface area (Å²) in [5.74, 6) is 0. The molecule has 1 saturated heterocycles. The van der Waals surface area contributed by atoms with Crippen LogP contribution in [-0.2, 0) is 0 Å². The highest BCUT2D eigenvalue weighted by Gasteiger charge is 2.43. The largest absolute Gasteiger partial charge is 0.308 e. The molecule has 0 aromatic rings. The van der Waals surface area contributed by atoms with Gasteiger partial charge in [-0.15, -0.1) is 0 Å². The van der Waals surface area contributed by atoms with Crippen LogP contribution in [0, 0.1) is 0 Å². The minimum atomic E-state index is 0.241. The van der Waals surface area contributed by atoms with Crippen molar-refractivity contribution in [2.24, 2.45) is 0 Å². The Balaban J connectivity index is 2.03. The maximum atomic E-state index is 7.39. The molecule has 1 N–H and O–H groups in total. The van der Waals surface area contributed by atoms with E-state index in [1.807, 2.05) is 0 Å². The van der Waals surface area contributed by atoms with E-state index in [4.69, 9.17) is 1.37 Å². The number of hydrogen-bond donors (Lipinski definition) is 1. The molecular weight excluding hydrogens is 86.1 g/mol. The molecule has 0 radical (unpaired) electrons. The normalized spacial score (nSPS) is 60.6. The van der Waals surface area contributed by atoms with Gasteiger partial charge in [0.25, 0.3) is 0 Å². The van der Waals surface area contributed by atoms with Crippen LogP contribution in [-0.4, -0.2) is 12.1 Å². The molecule has 2 fully saturated rings. The van der Waals surface area contributed by atoms with Crippen LogP contribution < -0.4 is 5.32 Å². The second kappa shape index (κ2) is 1.03. The van der Waals surface area contributed by atoms with E-state index in [1.54, 1.807) is 0 Å². The molecule has 1 aliphatic heterocycles. The molecule has 0 aromatic heterocycles. The van der Waals surface area contributed by atoms with Gasteiger partial charge >= 0.3 is 0 Å². The molecule has 1 nitrogen and oxygen atoms in total. The highest BCUT2D eigenvalue weighted by molar-refractivity contribution is 5.06. The van der Waals surface area contributed by atoms with Crippen LogP contribution in [0.4, 0.5) is 0 Å². The van der Waals surface area contributed by atoms with Crippen LogP contribution >= 0.6 is 0 Å². The van der Waals surface area contributed by atoms with Crippen molar-refractivity contribution >= 4 is 0 Å². The predicted molar refractivity (Wildman–Crippen MR) is 29.2 cm³/mol. The molecular formula is C6H11N. The van der Waals surface area contributed by atoms with Crippen molar-refractivity contribution < 1.29 is 1.37 Å². The summed E-state index contributed by atoms with van der Waals surface area (Å²) in [6, 6.07) is 0. The molecule has 1 heterocycles. The van der Waals surface area contributed by atoms with Gasteiger partial charge in [0.2, 0.25) is 0 Å². The fourth-order valence-electron chi connectivity index (χ4n) is 1.30. The molecule has 40 valence electrons. The summed E-state index contributed by atoms with van der Waals surface area (Å²) in [4.78, 5) is 0. The molecule has 0 aromatic carbocycles. The Bertz CT molecular complexity index is 109. The van der Waals surface area contributed by atoms with Crippen molar-refractivity contribution in [3.8, 4) is 0 Å². The van der Waals surface area contributed by atoms with Gasteiger partial charge in [-0.25, -0.2) is 0 Å². The zero-order valence-corrected chi connectivity index (χ0v) is 4.41. The maximum Gasteiger partial charge on any atom is 0.0307 e. The minimum Gasteiger partial charge on any atom is -0.308 e. The Morgan fingerprint density at radius 3 is 2.71 bits per heavy atom. The molecule has 2 rings (SSSR count). The summed E-state index contributed by atoms with van der Waals surface area (Å²) in [5.41, 5.74) is 0.479. The smallest absolute Gasteiger partial charge is 0.0307 e. The Morgan fingerprint density at radius 1 is 1.57 bits per heavy atom. The molecule has 2 aliphatic rings. The van der Waals surface area contributed by atoms with E-state index in [2.05, 4.69) is 5.32 Å². The SMILES string of the molecule is [2H]C1CCC2(CN2)C1. The van der Waals surface area contributed by atoms with Crippen LogP contribution in [0.25, 0.3) is 0 Å². The van der Waals surface area contributed by atoms with Gasteiger partial charge in [-0.05, 0) is 12.8 Å². The topological polar surface area (TPSA) is 21.9 Å². The molecule has 1 aliphatic carbocycles. The third-order valence-corrected chi connectivity index (χ3v) is 2.04. The second-order valence-electron chi connectivity index (χ2n) is 2.67. The lowest BCUT2D eigenvalue weighted by Crippen LogP contribution is -2.06. The molecule has 1 heteroatoms. The van der Waals surface area contributed by atoms with Crippen LogP contribution in [0.15, 0.2) is 0 Å². The molecule has 0 bridgehead atoms. The van der Waals surface area contributed by atoms with Crippen LogP contribution in [0.2, 0.25) is 0 Å². The van der Waals surface area contributed by atoms with Crippen molar-refractivity contribution in [2.75, 3.05) is 6.54 Å². The van der Waals surface area contributed by atoms with Gasteiger partial charge in [-0.1, -0.05) is 12.8 Å². The lowest BCUT2D eigenvalue weighted by atomic mass is 10.1. The van der Waals surface area contributed by atoms with E-state index in [9.17, 15) is 0 Å². The lowest BCUT2D eigenvalue weighted by molar-refractivity contribution is 0.656. The van der Waals surface area contributed by atoms with Crippen molar-refractivity contribution in [1.82, 2.24) is 5.32 Å². The predicted octanol–water partition coefficient (Wildman–Crippen LogP) is 0.902. The first-order chi connectivity index (χ1) is 3.81. The number of nitrogens with one attached hydrogen (secondary N) is 1. The molecule has 7 heavy (non-hydrogen) atoms. The standard InChI is InChI=1S/C6H11N/c1-2-4-6(3-1)5-7-6/h7H,1-5H2/i1D. The van der Waals surface area contributed by atoms with Crippen molar-refractivity contribution in [3.63, 3.8) is 0 Å². The van der Waals surface area contributed by atoms with Gasteiger partial charge in [-0.3, -0.25) is 0 Å². The van der Waals surface area contributed by atoms with E-state index in [-0.39, 0.29) is 6.40 Å². The van der Waals surface area contributed by atoms with Crippen molar-refractivity contribution in [2.45, 2.75) is 31.2 Å². The van der Waals surface area contributed by atoms with E-state index in [0.717, 1.165) is 12.8 Å². The quantitative estimate of drug-likeness (QED) is 0.447. The van der Waals surface area contributed by atoms with Gasteiger partial charge in [0.1, 0.15) is 0 Å². The Labute approximate surface area is 45.5 Å². The molecule has 1 spiro atoms. The summed E-state index contributed by atoms with van der Waals surface area (Å²) >= 11 is 0. The minimum absolute atomic E-state index is 0.241. The molecule has 0 amide bonds. The van der Waals surface area contributed by atoms with Gasteiger partial charge in [0, 0.05) is 13.5 Å². The Hall–Kier alpha value is -0.0400. The third kappa shape index (κ3) is 0.480. The zero-order valence-electron chi connectivity index (χ0n) is 5.41. The van der Waals surface area contributed by atoms with E-state index in [0.29, 0.717) is 5.54 Å². The van der Waals surface area contributed by atoms with E-state index in [1.165, 1.54) is 13.0 Å². The first-order valence-electron chi connectivity index (χ1n) is 3.56. The summed E-state index contributed by atoms with van der Waals surface area (Å²) in [7, 11) is 0. The van der Waals surface area contributed by atoms with Gasteiger partial charge in [-0.2, -0.15) is 0 Å². The highest BCUT2D eigenvalue weighted by Crippen LogP contribution is 2.36. The number of hydrogen-bond acceptors (Lipinski definition) is 1. The fraction of sp³-hybridized carbons (Fsp3) is 1.00. The average molecular weight is 98.2 g/mol. The van der Waals surface area contributed by atoms with Crippen LogP contribution in [0.5, 0.6) is 0 Å². The van der Waals surface area contributed by atoms with Crippen LogP contribution in [0.1, 0.15) is 27.0 Å². The van der Waals surface area contributed by atoms with Crippen LogP contribution in [0.3, 0.4) is 0 Å². The Morgan fingerprint density at radius 2 is 2.43 bits per heavy atom. The third-order valence-electron chi connectivity index (χ3n) is 2.04. The number of rotatable bonds is 0.